The number of rotatable bonds is 5. The SMILES string of the molecule is CC[C@@](Br)([C@H](O)c1ccc(Br)cc1)S(=O)(=O)CC. The van der Waals surface area contributed by atoms with Crippen LogP contribution in [0.15, 0.2) is 28.7 Å². The van der Waals surface area contributed by atoms with Gasteiger partial charge in [-0.25, -0.2) is 8.42 Å². The minimum absolute atomic E-state index is 0.0142. The molecule has 0 unspecified atom stereocenters. The monoisotopic (exact) mass is 398 g/mol. The second-order valence-electron chi connectivity index (χ2n) is 4.00. The van der Waals surface area contributed by atoms with E-state index in [0.29, 0.717) is 12.0 Å². The summed E-state index contributed by atoms with van der Waals surface area (Å²) in [6.07, 6.45) is -0.805. The van der Waals surface area contributed by atoms with Gasteiger partial charge >= 0.3 is 0 Å². The highest BCUT2D eigenvalue weighted by molar-refractivity contribution is 9.11. The number of hydrogen-bond donors (Lipinski definition) is 1. The standard InChI is InChI=1S/C12H16Br2O3S/c1-3-12(14,18(16,17)4-2)11(15)9-5-7-10(13)8-6-9/h5-8,11,15H,3-4H2,1-2H3/t11-,12+/m1/s1. The molecule has 6 heteroatoms. The van der Waals surface area contributed by atoms with Crippen molar-refractivity contribution in [3.63, 3.8) is 0 Å². The Hall–Kier alpha value is 0.0900. The summed E-state index contributed by atoms with van der Waals surface area (Å²) in [5, 5.41) is 10.4. The lowest BCUT2D eigenvalue weighted by molar-refractivity contribution is 0.160. The molecule has 0 saturated carbocycles. The Kier molecular flexibility index (Phi) is 5.41. The number of alkyl halides is 1. The van der Waals surface area contributed by atoms with Crippen LogP contribution in [0.25, 0.3) is 0 Å². The van der Waals surface area contributed by atoms with Crippen LogP contribution in [-0.2, 0) is 9.84 Å². The second-order valence-corrected chi connectivity index (χ2v) is 9.39. The molecule has 0 aliphatic carbocycles. The molecule has 0 spiro atoms. The molecule has 3 nitrogen and oxygen atoms in total. The van der Waals surface area contributed by atoms with Crippen LogP contribution < -0.4 is 0 Å². The Bertz CT molecular complexity index is 499. The fourth-order valence-electron chi connectivity index (χ4n) is 1.72. The molecule has 0 heterocycles. The summed E-state index contributed by atoms with van der Waals surface area (Å²) in [6.45, 7) is 3.32. The molecule has 0 radical (unpaired) electrons. The molecule has 1 aromatic rings. The third-order valence-electron chi connectivity index (χ3n) is 2.97. The second kappa shape index (κ2) is 6.03. The zero-order valence-electron chi connectivity index (χ0n) is 10.2. The third-order valence-corrected chi connectivity index (χ3v) is 8.28. The molecule has 1 aromatic carbocycles. The lowest BCUT2D eigenvalue weighted by Gasteiger charge is -2.31. The first-order chi connectivity index (χ1) is 8.28. The lowest BCUT2D eigenvalue weighted by atomic mass is 10.1. The zero-order chi connectivity index (χ0) is 14.0. The van der Waals surface area contributed by atoms with Crippen LogP contribution in [0, 0.1) is 0 Å². The molecule has 2 atom stereocenters. The summed E-state index contributed by atoms with van der Waals surface area (Å²) in [5.74, 6) is -0.0142. The predicted octanol–water partition coefficient (Wildman–Crippen LogP) is 3.42. The summed E-state index contributed by atoms with van der Waals surface area (Å²) in [6, 6.07) is 6.98. The van der Waals surface area contributed by atoms with Gasteiger partial charge in [-0.15, -0.1) is 0 Å². The van der Waals surface area contributed by atoms with Crippen LogP contribution in [0.3, 0.4) is 0 Å². The maximum absolute atomic E-state index is 12.1. The molecule has 0 aliphatic heterocycles. The van der Waals surface area contributed by atoms with E-state index in [1.807, 2.05) is 0 Å². The minimum atomic E-state index is -3.41. The Balaban J connectivity index is 3.21. The number of hydrogen-bond acceptors (Lipinski definition) is 3. The van der Waals surface area contributed by atoms with Crippen molar-refractivity contribution in [3.8, 4) is 0 Å². The predicted molar refractivity (Wildman–Crippen MR) is 80.5 cm³/mol. The molecule has 0 amide bonds. The summed E-state index contributed by atoms with van der Waals surface area (Å²) >= 11 is 6.54. The van der Waals surface area contributed by atoms with Crippen LogP contribution in [0.4, 0.5) is 0 Å². The average molecular weight is 400 g/mol. The Morgan fingerprint density at radius 2 is 1.78 bits per heavy atom. The topological polar surface area (TPSA) is 54.4 Å². The summed E-state index contributed by atoms with van der Waals surface area (Å²) in [5.41, 5.74) is 0.578. The maximum atomic E-state index is 12.1. The van der Waals surface area contributed by atoms with Gasteiger partial charge in [0.2, 0.25) is 0 Å². The van der Waals surface area contributed by atoms with Crippen LogP contribution in [-0.4, -0.2) is 22.9 Å². The van der Waals surface area contributed by atoms with Crippen molar-refractivity contribution in [3.05, 3.63) is 34.3 Å². The highest BCUT2D eigenvalue weighted by atomic mass is 79.9. The quantitative estimate of drug-likeness (QED) is 0.771. The van der Waals surface area contributed by atoms with E-state index in [9.17, 15) is 13.5 Å². The van der Waals surface area contributed by atoms with E-state index in [0.717, 1.165) is 4.47 Å². The number of benzene rings is 1. The van der Waals surface area contributed by atoms with Gasteiger partial charge in [-0.05, 0) is 24.1 Å². The van der Waals surface area contributed by atoms with E-state index in [4.69, 9.17) is 0 Å². The van der Waals surface area contributed by atoms with Crippen molar-refractivity contribution in [1.82, 2.24) is 0 Å². The Morgan fingerprint density at radius 1 is 1.28 bits per heavy atom. The van der Waals surface area contributed by atoms with Crippen molar-refractivity contribution >= 4 is 41.7 Å². The van der Waals surface area contributed by atoms with E-state index >= 15 is 0 Å². The largest absolute Gasteiger partial charge is 0.386 e. The van der Waals surface area contributed by atoms with E-state index in [1.54, 1.807) is 38.1 Å². The van der Waals surface area contributed by atoms with Gasteiger partial charge in [-0.1, -0.05) is 57.8 Å². The van der Waals surface area contributed by atoms with Crippen LogP contribution in [0.1, 0.15) is 31.9 Å². The molecular formula is C12H16Br2O3S. The van der Waals surface area contributed by atoms with E-state index < -0.39 is 19.6 Å². The fourth-order valence-corrected chi connectivity index (χ4v) is 4.33. The highest BCUT2D eigenvalue weighted by Gasteiger charge is 2.45. The van der Waals surface area contributed by atoms with Crippen molar-refractivity contribution in [2.45, 2.75) is 30.0 Å². The number of halogens is 2. The first-order valence-electron chi connectivity index (χ1n) is 5.63. The number of aliphatic hydroxyl groups is 1. The maximum Gasteiger partial charge on any atom is 0.168 e. The summed E-state index contributed by atoms with van der Waals surface area (Å²) < 4.78 is 23.8. The van der Waals surface area contributed by atoms with Crippen LogP contribution >= 0.6 is 31.9 Å². The van der Waals surface area contributed by atoms with Gasteiger partial charge in [0.25, 0.3) is 0 Å². The van der Waals surface area contributed by atoms with E-state index in [-0.39, 0.29) is 5.75 Å². The van der Waals surface area contributed by atoms with Crippen LogP contribution in [0.2, 0.25) is 0 Å². The third kappa shape index (κ3) is 2.98. The van der Waals surface area contributed by atoms with Gasteiger partial charge in [0.15, 0.2) is 13.5 Å². The molecule has 102 valence electrons. The van der Waals surface area contributed by atoms with Crippen molar-refractivity contribution in [2.75, 3.05) is 5.75 Å². The Labute approximate surface area is 125 Å². The van der Waals surface area contributed by atoms with Crippen molar-refractivity contribution in [1.29, 1.82) is 0 Å². The zero-order valence-corrected chi connectivity index (χ0v) is 14.2. The summed E-state index contributed by atoms with van der Waals surface area (Å²) in [4.78, 5) is 0. The van der Waals surface area contributed by atoms with Gasteiger partial charge < -0.3 is 5.11 Å². The summed E-state index contributed by atoms with van der Waals surface area (Å²) in [7, 11) is -3.41. The number of aliphatic hydroxyl groups excluding tert-OH is 1. The first-order valence-corrected chi connectivity index (χ1v) is 8.87. The minimum Gasteiger partial charge on any atom is -0.386 e. The smallest absolute Gasteiger partial charge is 0.168 e. The molecule has 1 rings (SSSR count). The van der Waals surface area contributed by atoms with E-state index in [1.165, 1.54) is 0 Å². The van der Waals surface area contributed by atoms with E-state index in [2.05, 4.69) is 31.9 Å². The highest BCUT2D eigenvalue weighted by Crippen LogP contribution is 2.42. The van der Waals surface area contributed by atoms with Crippen LogP contribution in [0.5, 0.6) is 0 Å². The normalized spacial score (nSPS) is 17.2. The van der Waals surface area contributed by atoms with Gasteiger partial charge in [0, 0.05) is 10.2 Å². The molecule has 18 heavy (non-hydrogen) atoms. The molecular weight excluding hydrogens is 384 g/mol. The van der Waals surface area contributed by atoms with Crippen molar-refractivity contribution < 1.29 is 13.5 Å². The van der Waals surface area contributed by atoms with Crippen molar-refractivity contribution in [2.24, 2.45) is 0 Å². The molecule has 0 bridgehead atoms. The van der Waals surface area contributed by atoms with Gasteiger partial charge in [0.1, 0.15) is 6.10 Å². The Morgan fingerprint density at radius 3 is 2.17 bits per heavy atom. The molecule has 0 saturated heterocycles. The lowest BCUT2D eigenvalue weighted by Crippen LogP contribution is -2.39. The van der Waals surface area contributed by atoms with Gasteiger partial charge in [0.05, 0.1) is 0 Å². The first kappa shape index (κ1) is 16.1. The van der Waals surface area contributed by atoms with Gasteiger partial charge in [-0.2, -0.15) is 0 Å². The van der Waals surface area contributed by atoms with Gasteiger partial charge in [-0.3, -0.25) is 0 Å². The molecule has 0 fully saturated rings. The molecule has 0 aliphatic rings. The average Bonchev–Trinajstić information content (AvgIpc) is 2.37. The molecule has 1 N–H and O–H groups in total. The number of sulfone groups is 1. The fraction of sp³-hybridized carbons (Fsp3) is 0.500. The molecule has 0 aromatic heterocycles.